The van der Waals surface area contributed by atoms with Crippen LogP contribution in [-0.4, -0.2) is 66.2 Å². The van der Waals surface area contributed by atoms with Crippen molar-refractivity contribution < 1.29 is 38.5 Å². The average Bonchev–Trinajstić information content (AvgIpc) is 2.69. The van der Waals surface area contributed by atoms with Crippen LogP contribution in [0.3, 0.4) is 0 Å². The zero-order valence-electron chi connectivity index (χ0n) is 18.6. The molecule has 2 atom stereocenters. The Kier molecular flexibility index (Phi) is 8.37. The number of carbonyl (C=O) groups excluding carboxylic acids is 4. The first kappa shape index (κ1) is 25.3. The summed E-state index contributed by atoms with van der Waals surface area (Å²) in [5.41, 5.74) is 0.281. The highest BCUT2D eigenvalue weighted by Crippen LogP contribution is 2.28. The van der Waals surface area contributed by atoms with Crippen molar-refractivity contribution in [2.75, 3.05) is 19.5 Å². The molecule has 0 fully saturated rings. The molecular weight excluding hydrogens is 440 g/mol. The number of hydrogen-bond acceptors (Lipinski definition) is 9. The summed E-state index contributed by atoms with van der Waals surface area (Å²) in [6.45, 7) is 6.03. The normalized spacial score (nSPS) is 19.9. The Labute approximate surface area is 190 Å². The first-order valence-electron chi connectivity index (χ1n) is 9.87. The number of phenols is 1. The Morgan fingerprint density at radius 2 is 1.97 bits per heavy atom. The van der Waals surface area contributed by atoms with Crippen molar-refractivity contribution in [3.05, 3.63) is 28.8 Å². The summed E-state index contributed by atoms with van der Waals surface area (Å²) >= 11 is 1.29. The number of alkyl carbamates (subject to hydrolysis) is 1. The highest BCUT2D eigenvalue weighted by Gasteiger charge is 2.31. The van der Waals surface area contributed by atoms with E-state index in [9.17, 15) is 24.3 Å². The van der Waals surface area contributed by atoms with Crippen LogP contribution in [-0.2, 0) is 29.6 Å². The second-order valence-electron chi connectivity index (χ2n) is 8.14. The number of rotatable bonds is 2. The Morgan fingerprint density at radius 3 is 2.59 bits per heavy atom. The first-order valence-corrected chi connectivity index (χ1v) is 11.0. The van der Waals surface area contributed by atoms with E-state index in [4.69, 9.17) is 14.2 Å². The third kappa shape index (κ3) is 6.78. The van der Waals surface area contributed by atoms with E-state index in [1.807, 2.05) is 0 Å². The lowest BCUT2D eigenvalue weighted by atomic mass is 10.0. The molecule has 0 aromatic heterocycles. The molecule has 2 amide bonds. The molecule has 0 saturated heterocycles. The Balaban J connectivity index is 2.37. The molecule has 176 valence electrons. The maximum absolute atomic E-state index is 12.8. The van der Waals surface area contributed by atoms with Gasteiger partial charge in [0.2, 0.25) is 5.91 Å². The van der Waals surface area contributed by atoms with E-state index in [1.165, 1.54) is 24.9 Å². The quantitative estimate of drug-likeness (QED) is 0.436. The fourth-order valence-corrected chi connectivity index (χ4v) is 3.93. The summed E-state index contributed by atoms with van der Waals surface area (Å²) in [5.74, 6) is -1.74. The molecule has 0 bridgehead atoms. The van der Waals surface area contributed by atoms with Crippen molar-refractivity contribution in [3.8, 4) is 5.75 Å². The number of cyclic esters (lactones) is 1. The van der Waals surface area contributed by atoms with Crippen LogP contribution in [0.4, 0.5) is 4.79 Å². The van der Waals surface area contributed by atoms with Gasteiger partial charge >= 0.3 is 18.0 Å². The van der Waals surface area contributed by atoms with Crippen LogP contribution < -0.4 is 10.6 Å². The lowest BCUT2D eigenvalue weighted by Gasteiger charge is -2.25. The number of aromatic hydroxyl groups is 1. The van der Waals surface area contributed by atoms with Crippen LogP contribution in [0.2, 0.25) is 0 Å². The molecule has 3 N–H and O–H groups in total. The minimum atomic E-state index is -1.33. The van der Waals surface area contributed by atoms with E-state index < -0.39 is 48.2 Å². The summed E-state index contributed by atoms with van der Waals surface area (Å²) in [7, 11) is 1.20. The van der Waals surface area contributed by atoms with Gasteiger partial charge in [-0.2, -0.15) is 11.8 Å². The number of carbonyl (C=O) groups is 4. The van der Waals surface area contributed by atoms with Crippen LogP contribution in [0.15, 0.2) is 12.1 Å². The van der Waals surface area contributed by atoms with Gasteiger partial charge in [-0.15, -0.1) is 0 Å². The van der Waals surface area contributed by atoms with E-state index in [0.717, 1.165) is 0 Å². The van der Waals surface area contributed by atoms with Crippen LogP contribution in [0.1, 0.15) is 42.3 Å². The van der Waals surface area contributed by atoms with Gasteiger partial charge in [0.05, 0.1) is 12.7 Å². The Bertz CT molecular complexity index is 897. The molecule has 10 nitrogen and oxygen atoms in total. The van der Waals surface area contributed by atoms with E-state index >= 15 is 0 Å². The van der Waals surface area contributed by atoms with Gasteiger partial charge in [0.25, 0.3) is 0 Å². The highest BCUT2D eigenvalue weighted by molar-refractivity contribution is 7.98. The maximum atomic E-state index is 12.8. The van der Waals surface area contributed by atoms with Gasteiger partial charge in [-0.3, -0.25) is 4.79 Å². The Hall–Kier alpha value is -2.95. The summed E-state index contributed by atoms with van der Waals surface area (Å²) < 4.78 is 15.3. The van der Waals surface area contributed by atoms with Gasteiger partial charge in [-0.25, -0.2) is 14.4 Å². The smallest absolute Gasteiger partial charge is 0.408 e. The van der Waals surface area contributed by atoms with Crippen molar-refractivity contribution in [1.29, 1.82) is 0 Å². The molecule has 1 aliphatic heterocycles. The van der Waals surface area contributed by atoms with Crippen LogP contribution in [0.5, 0.6) is 5.75 Å². The molecule has 1 aliphatic rings. The topological polar surface area (TPSA) is 140 Å². The number of benzene rings is 1. The first-order chi connectivity index (χ1) is 14.9. The molecule has 0 aliphatic carbocycles. The molecule has 1 aromatic carbocycles. The monoisotopic (exact) mass is 468 g/mol. The minimum Gasteiger partial charge on any atom is -0.508 e. The van der Waals surface area contributed by atoms with Crippen molar-refractivity contribution in [1.82, 2.24) is 10.6 Å². The average molecular weight is 469 g/mol. The zero-order chi connectivity index (χ0) is 24.1. The minimum absolute atomic E-state index is 0.0774. The summed E-state index contributed by atoms with van der Waals surface area (Å²) in [5, 5.41) is 14.9. The summed E-state index contributed by atoms with van der Waals surface area (Å²) in [6, 6.07) is 0.754. The van der Waals surface area contributed by atoms with Gasteiger partial charge in [-0.1, -0.05) is 6.07 Å². The largest absolute Gasteiger partial charge is 0.508 e. The van der Waals surface area contributed by atoms with E-state index in [1.54, 1.807) is 33.8 Å². The molecule has 32 heavy (non-hydrogen) atoms. The molecule has 11 heteroatoms. The lowest BCUT2D eigenvalue weighted by molar-refractivity contribution is -0.144. The fourth-order valence-electron chi connectivity index (χ4n) is 2.90. The third-order valence-electron chi connectivity index (χ3n) is 4.46. The SMILES string of the molecule is COC(=O)[C@@H]1CSCc2ccc(O)c(C)c2C(=O)OC[C@@H](NC(=O)OC(C)(C)C)C(=O)N1. The highest BCUT2D eigenvalue weighted by atomic mass is 32.2. The molecule has 1 heterocycles. The van der Waals surface area contributed by atoms with E-state index in [-0.39, 0.29) is 17.1 Å². The predicted molar refractivity (Wildman–Crippen MR) is 116 cm³/mol. The number of hydrogen-bond donors (Lipinski definition) is 3. The van der Waals surface area contributed by atoms with Crippen LogP contribution in [0.25, 0.3) is 0 Å². The van der Waals surface area contributed by atoms with E-state index in [0.29, 0.717) is 16.9 Å². The van der Waals surface area contributed by atoms with E-state index in [2.05, 4.69) is 10.6 Å². The number of esters is 2. The predicted octanol–water partition coefficient (Wildman–Crippen LogP) is 1.66. The Morgan fingerprint density at radius 1 is 1.28 bits per heavy atom. The second kappa shape index (κ2) is 10.6. The van der Waals surface area contributed by atoms with Gasteiger partial charge in [0, 0.05) is 17.1 Å². The number of methoxy groups -OCH3 is 1. The van der Waals surface area contributed by atoms with Crippen molar-refractivity contribution in [2.24, 2.45) is 0 Å². The van der Waals surface area contributed by atoms with Crippen molar-refractivity contribution in [3.63, 3.8) is 0 Å². The zero-order valence-corrected chi connectivity index (χ0v) is 19.5. The number of ether oxygens (including phenoxy) is 3. The fraction of sp³-hybridized carbons (Fsp3) is 0.524. The standard InChI is InChI=1S/C21H28N2O8S/c1-11-15(24)7-6-12-9-32-10-14(18(26)29-5)22-17(25)13(8-30-19(27)16(11)12)23-20(28)31-21(2,3)4/h6-7,13-14,24H,8-10H2,1-5H3,(H,22,25)(H,23,28)/t13-,14+/m1/s1. The molecule has 0 saturated carbocycles. The molecule has 2 rings (SSSR count). The molecular formula is C21H28N2O8S. The van der Waals surface area contributed by atoms with Crippen LogP contribution >= 0.6 is 11.8 Å². The molecule has 1 aromatic rings. The maximum Gasteiger partial charge on any atom is 0.408 e. The number of nitrogens with one attached hydrogen (secondary N) is 2. The number of phenolic OH excluding ortho intramolecular Hbond substituents is 1. The number of amides is 2. The van der Waals surface area contributed by atoms with Gasteiger partial charge < -0.3 is 30.0 Å². The number of thioether (sulfide) groups is 1. The van der Waals surface area contributed by atoms with Gasteiger partial charge in [-0.05, 0) is 39.3 Å². The third-order valence-corrected chi connectivity index (χ3v) is 5.54. The molecule has 0 spiro atoms. The van der Waals surface area contributed by atoms with Crippen molar-refractivity contribution in [2.45, 2.75) is 51.1 Å². The lowest BCUT2D eigenvalue weighted by Crippen LogP contribution is -2.55. The summed E-state index contributed by atoms with van der Waals surface area (Å²) in [6.07, 6.45) is -0.890. The molecule has 0 radical (unpaired) electrons. The van der Waals surface area contributed by atoms with Crippen LogP contribution in [0, 0.1) is 6.92 Å². The van der Waals surface area contributed by atoms with Crippen molar-refractivity contribution >= 4 is 35.7 Å². The van der Waals surface area contributed by atoms with Gasteiger partial charge in [0.1, 0.15) is 30.0 Å². The summed E-state index contributed by atoms with van der Waals surface area (Å²) in [4.78, 5) is 50.0. The second-order valence-corrected chi connectivity index (χ2v) is 9.17. The molecule has 0 unspecified atom stereocenters. The van der Waals surface area contributed by atoms with Gasteiger partial charge in [0.15, 0.2) is 0 Å². The number of fused-ring (bicyclic) bond motifs is 1.